The average molecular weight is 418 g/mol. The molecule has 0 saturated heterocycles. The second-order valence-electron chi connectivity index (χ2n) is 7.73. The number of carbonyl (C=O) groups excluding carboxylic acids is 3. The van der Waals surface area contributed by atoms with Gasteiger partial charge in [-0.25, -0.2) is 4.79 Å². The van der Waals surface area contributed by atoms with E-state index in [2.05, 4.69) is 5.32 Å². The summed E-state index contributed by atoms with van der Waals surface area (Å²) < 4.78 is 11.0. The molecule has 0 atom stereocenters. The number of carbonyl (C=O) groups is 3. The van der Waals surface area contributed by atoms with Gasteiger partial charge in [-0.2, -0.15) is 0 Å². The van der Waals surface area contributed by atoms with Crippen LogP contribution in [0.2, 0.25) is 0 Å². The Bertz CT molecular complexity index is 924. The van der Waals surface area contributed by atoms with Crippen molar-refractivity contribution in [2.45, 2.75) is 41.5 Å². The zero-order chi connectivity index (χ0) is 21.8. The molecular formula is C22H27NO5S. The Morgan fingerprint density at radius 2 is 1.72 bits per heavy atom. The average Bonchev–Trinajstić information content (AvgIpc) is 2.91. The molecule has 1 heterocycles. The standard InChI is InChI=1S/C22H27NO5S/c1-13-15(3)29-19(23-21(26)22(4,5)6)18(13)20(25)28-12-11-27-17-10-8-7-9-16(17)14(2)24/h7-10H,11-12H2,1-6H3,(H,23,26). The van der Waals surface area contributed by atoms with Gasteiger partial charge in [0.2, 0.25) is 5.91 Å². The Hall–Kier alpha value is -2.67. The summed E-state index contributed by atoms with van der Waals surface area (Å²) in [4.78, 5) is 37.5. The van der Waals surface area contributed by atoms with Gasteiger partial charge in [-0.05, 0) is 38.5 Å². The summed E-state index contributed by atoms with van der Waals surface area (Å²) >= 11 is 1.35. The van der Waals surface area contributed by atoms with E-state index in [1.165, 1.54) is 18.3 Å². The predicted molar refractivity (Wildman–Crippen MR) is 114 cm³/mol. The van der Waals surface area contributed by atoms with Gasteiger partial charge in [0, 0.05) is 10.3 Å². The molecule has 156 valence electrons. The van der Waals surface area contributed by atoms with E-state index in [-0.39, 0.29) is 24.9 Å². The number of aryl methyl sites for hydroxylation is 1. The lowest BCUT2D eigenvalue weighted by Crippen LogP contribution is -2.28. The molecule has 1 N–H and O–H groups in total. The number of Topliss-reactive ketones (excluding diaryl/α,β-unsaturated/α-hetero) is 1. The normalized spacial score (nSPS) is 11.1. The first-order chi connectivity index (χ1) is 13.5. The SMILES string of the molecule is CC(=O)c1ccccc1OCCOC(=O)c1c(NC(=O)C(C)(C)C)sc(C)c1C. The van der Waals surface area contributed by atoms with Gasteiger partial charge >= 0.3 is 5.97 Å². The lowest BCUT2D eigenvalue weighted by molar-refractivity contribution is -0.123. The number of rotatable bonds is 7. The largest absolute Gasteiger partial charge is 0.489 e. The molecule has 0 fully saturated rings. The van der Waals surface area contributed by atoms with Gasteiger partial charge in [-0.3, -0.25) is 9.59 Å². The number of ketones is 1. The van der Waals surface area contributed by atoms with E-state index in [1.807, 2.05) is 34.6 Å². The zero-order valence-corrected chi connectivity index (χ0v) is 18.5. The van der Waals surface area contributed by atoms with E-state index in [0.29, 0.717) is 21.9 Å². The van der Waals surface area contributed by atoms with E-state index in [9.17, 15) is 14.4 Å². The van der Waals surface area contributed by atoms with Crippen molar-refractivity contribution in [1.82, 2.24) is 0 Å². The maximum Gasteiger partial charge on any atom is 0.341 e. The number of esters is 1. The quantitative estimate of drug-likeness (QED) is 0.398. The fourth-order valence-corrected chi connectivity index (χ4v) is 3.54. The van der Waals surface area contributed by atoms with Gasteiger partial charge in [0.25, 0.3) is 0 Å². The van der Waals surface area contributed by atoms with Crippen molar-refractivity contribution in [3.05, 3.63) is 45.8 Å². The Balaban J connectivity index is 2.03. The number of benzene rings is 1. The lowest BCUT2D eigenvalue weighted by Gasteiger charge is -2.17. The molecule has 6 nitrogen and oxygen atoms in total. The minimum absolute atomic E-state index is 0.0199. The van der Waals surface area contributed by atoms with Crippen molar-refractivity contribution in [2.24, 2.45) is 5.41 Å². The highest BCUT2D eigenvalue weighted by Crippen LogP contribution is 2.34. The van der Waals surface area contributed by atoms with Crippen molar-refractivity contribution < 1.29 is 23.9 Å². The molecule has 0 spiro atoms. The van der Waals surface area contributed by atoms with Crippen LogP contribution in [0, 0.1) is 19.3 Å². The van der Waals surface area contributed by atoms with Crippen LogP contribution in [0.5, 0.6) is 5.75 Å². The number of ether oxygens (including phenoxy) is 2. The minimum Gasteiger partial charge on any atom is -0.489 e. The van der Waals surface area contributed by atoms with E-state index in [1.54, 1.807) is 24.3 Å². The fourth-order valence-electron chi connectivity index (χ4n) is 2.49. The topological polar surface area (TPSA) is 81.7 Å². The highest BCUT2D eigenvalue weighted by molar-refractivity contribution is 7.16. The molecule has 0 unspecified atom stereocenters. The monoisotopic (exact) mass is 417 g/mol. The van der Waals surface area contributed by atoms with Gasteiger partial charge in [-0.1, -0.05) is 32.9 Å². The second-order valence-corrected chi connectivity index (χ2v) is 8.95. The Morgan fingerprint density at radius 1 is 1.07 bits per heavy atom. The third kappa shape index (κ3) is 5.67. The number of hydrogen-bond donors (Lipinski definition) is 1. The number of anilines is 1. The number of thiophene rings is 1. The first-order valence-corrected chi connectivity index (χ1v) is 10.2. The summed E-state index contributed by atoms with van der Waals surface area (Å²) in [5.74, 6) is -0.325. The zero-order valence-electron chi connectivity index (χ0n) is 17.7. The Labute approximate surface area is 175 Å². The van der Waals surface area contributed by atoms with E-state index in [4.69, 9.17) is 9.47 Å². The second kappa shape index (κ2) is 9.22. The molecule has 1 amide bonds. The summed E-state index contributed by atoms with van der Waals surface area (Å²) in [6, 6.07) is 6.92. The number of hydrogen-bond acceptors (Lipinski definition) is 6. The molecule has 0 aliphatic heterocycles. The number of para-hydroxylation sites is 1. The van der Waals surface area contributed by atoms with Crippen molar-refractivity contribution in [2.75, 3.05) is 18.5 Å². The molecule has 0 aliphatic carbocycles. The maximum atomic E-state index is 12.6. The summed E-state index contributed by atoms with van der Waals surface area (Å²) in [5, 5.41) is 3.33. The van der Waals surface area contributed by atoms with Crippen LogP contribution < -0.4 is 10.1 Å². The first-order valence-electron chi connectivity index (χ1n) is 9.33. The van der Waals surface area contributed by atoms with E-state index < -0.39 is 11.4 Å². The van der Waals surface area contributed by atoms with Crippen LogP contribution in [-0.4, -0.2) is 30.9 Å². The Kier molecular flexibility index (Phi) is 7.19. The molecule has 2 rings (SSSR count). The molecule has 7 heteroatoms. The van der Waals surface area contributed by atoms with Crippen LogP contribution in [0.3, 0.4) is 0 Å². The van der Waals surface area contributed by atoms with Gasteiger partial charge < -0.3 is 14.8 Å². The molecule has 1 aromatic carbocycles. The highest BCUT2D eigenvalue weighted by atomic mass is 32.1. The van der Waals surface area contributed by atoms with Crippen LogP contribution in [0.4, 0.5) is 5.00 Å². The summed E-state index contributed by atoms with van der Waals surface area (Å²) in [7, 11) is 0. The molecule has 0 saturated carbocycles. The number of amides is 1. The molecule has 29 heavy (non-hydrogen) atoms. The van der Waals surface area contributed by atoms with Crippen LogP contribution in [0.25, 0.3) is 0 Å². The van der Waals surface area contributed by atoms with Gasteiger partial charge in [0.05, 0.1) is 11.1 Å². The third-order valence-electron chi connectivity index (χ3n) is 4.34. The van der Waals surface area contributed by atoms with Gasteiger partial charge in [0.1, 0.15) is 24.0 Å². The van der Waals surface area contributed by atoms with E-state index >= 15 is 0 Å². The van der Waals surface area contributed by atoms with Crippen molar-refractivity contribution in [3.8, 4) is 5.75 Å². The first kappa shape index (κ1) is 22.6. The van der Waals surface area contributed by atoms with Gasteiger partial charge in [-0.15, -0.1) is 11.3 Å². The van der Waals surface area contributed by atoms with Crippen molar-refractivity contribution in [3.63, 3.8) is 0 Å². The minimum atomic E-state index is -0.578. The van der Waals surface area contributed by atoms with Crippen LogP contribution in [0.1, 0.15) is 58.9 Å². The van der Waals surface area contributed by atoms with E-state index in [0.717, 1.165) is 10.4 Å². The highest BCUT2D eigenvalue weighted by Gasteiger charge is 2.27. The summed E-state index contributed by atoms with van der Waals surface area (Å²) in [5.41, 5.74) is 1.06. The van der Waals surface area contributed by atoms with Crippen LogP contribution in [-0.2, 0) is 9.53 Å². The number of nitrogens with one attached hydrogen (secondary N) is 1. The molecule has 0 radical (unpaired) electrons. The molecule has 0 aliphatic rings. The predicted octanol–water partition coefficient (Wildman–Crippen LogP) is 4.79. The maximum absolute atomic E-state index is 12.6. The fraction of sp³-hybridized carbons (Fsp3) is 0.409. The lowest BCUT2D eigenvalue weighted by atomic mass is 9.96. The molecule has 1 aromatic heterocycles. The van der Waals surface area contributed by atoms with Crippen LogP contribution in [0.15, 0.2) is 24.3 Å². The van der Waals surface area contributed by atoms with Gasteiger partial charge in [0.15, 0.2) is 5.78 Å². The smallest absolute Gasteiger partial charge is 0.341 e. The molecule has 0 bridgehead atoms. The summed E-state index contributed by atoms with van der Waals surface area (Å²) in [6.07, 6.45) is 0. The molecule has 2 aromatic rings. The van der Waals surface area contributed by atoms with Crippen molar-refractivity contribution >= 4 is 34.0 Å². The van der Waals surface area contributed by atoms with Crippen LogP contribution >= 0.6 is 11.3 Å². The third-order valence-corrected chi connectivity index (χ3v) is 5.46. The van der Waals surface area contributed by atoms with Crippen molar-refractivity contribution in [1.29, 1.82) is 0 Å². The molecular weight excluding hydrogens is 390 g/mol. The Morgan fingerprint density at radius 3 is 2.34 bits per heavy atom. The summed E-state index contributed by atoms with van der Waals surface area (Å²) in [6.45, 7) is 10.8.